The molecule has 0 bridgehead atoms. The first-order valence-electron chi connectivity index (χ1n) is 8.49. The molecule has 6 nitrogen and oxygen atoms in total. The largest absolute Gasteiger partial charge is 0.322 e. The molecule has 0 unspecified atom stereocenters. The lowest BCUT2D eigenvalue weighted by Gasteiger charge is -2.16. The molecule has 1 aliphatic heterocycles. The van der Waals surface area contributed by atoms with E-state index in [2.05, 4.69) is 27.3 Å². The Morgan fingerprint density at radius 1 is 1.15 bits per heavy atom. The SMILES string of the molecule is N#CCc1ccc(NC(=O)c2cc(S(=O)(=O)N3CCCC3)ccc2Br)cc1. The molecule has 0 spiro atoms. The number of hydrogen-bond donors (Lipinski definition) is 1. The number of nitrogens with zero attached hydrogens (tertiary/aromatic N) is 2. The summed E-state index contributed by atoms with van der Waals surface area (Å²) in [7, 11) is -3.59. The van der Waals surface area contributed by atoms with Crippen LogP contribution >= 0.6 is 15.9 Å². The van der Waals surface area contributed by atoms with Gasteiger partial charge in [-0.15, -0.1) is 0 Å². The summed E-state index contributed by atoms with van der Waals surface area (Å²) < 4.78 is 27.4. The molecule has 1 amide bonds. The number of rotatable bonds is 5. The van der Waals surface area contributed by atoms with Crippen LogP contribution < -0.4 is 5.32 Å². The van der Waals surface area contributed by atoms with E-state index < -0.39 is 15.9 Å². The second kappa shape index (κ2) is 8.21. The van der Waals surface area contributed by atoms with Gasteiger partial charge in [-0.3, -0.25) is 4.79 Å². The van der Waals surface area contributed by atoms with Crippen molar-refractivity contribution < 1.29 is 13.2 Å². The lowest BCUT2D eigenvalue weighted by molar-refractivity contribution is 0.102. The molecule has 0 atom stereocenters. The fraction of sp³-hybridized carbons (Fsp3) is 0.263. The quantitative estimate of drug-likeness (QED) is 0.758. The number of benzene rings is 2. The number of amides is 1. The van der Waals surface area contributed by atoms with Crippen molar-refractivity contribution in [2.24, 2.45) is 0 Å². The van der Waals surface area contributed by atoms with Crippen LogP contribution in [0.1, 0.15) is 28.8 Å². The topological polar surface area (TPSA) is 90.3 Å². The van der Waals surface area contributed by atoms with Crippen LogP contribution in [0.15, 0.2) is 51.8 Å². The van der Waals surface area contributed by atoms with Crippen molar-refractivity contribution in [2.45, 2.75) is 24.2 Å². The summed E-state index contributed by atoms with van der Waals surface area (Å²) in [4.78, 5) is 12.8. The summed E-state index contributed by atoms with van der Waals surface area (Å²) in [5.74, 6) is -0.409. The minimum atomic E-state index is -3.59. The van der Waals surface area contributed by atoms with E-state index in [0.717, 1.165) is 18.4 Å². The summed E-state index contributed by atoms with van der Waals surface area (Å²) in [5.41, 5.74) is 1.67. The lowest BCUT2D eigenvalue weighted by Crippen LogP contribution is -2.28. The Labute approximate surface area is 167 Å². The third kappa shape index (κ3) is 4.38. The predicted molar refractivity (Wildman–Crippen MR) is 106 cm³/mol. The lowest BCUT2D eigenvalue weighted by atomic mass is 10.1. The maximum atomic E-state index is 12.7. The Hall–Kier alpha value is -2.21. The number of anilines is 1. The molecule has 0 aromatic heterocycles. The molecule has 1 heterocycles. The van der Waals surface area contributed by atoms with Crippen LogP contribution in [0.2, 0.25) is 0 Å². The van der Waals surface area contributed by atoms with E-state index in [-0.39, 0.29) is 10.5 Å². The zero-order chi connectivity index (χ0) is 19.4. The highest BCUT2D eigenvalue weighted by Gasteiger charge is 2.28. The number of nitriles is 1. The summed E-state index contributed by atoms with van der Waals surface area (Å²) in [5, 5.41) is 11.5. The van der Waals surface area contributed by atoms with Gasteiger partial charge in [-0.25, -0.2) is 8.42 Å². The second-order valence-corrected chi connectivity index (χ2v) is 9.03. The van der Waals surface area contributed by atoms with Crippen molar-refractivity contribution in [2.75, 3.05) is 18.4 Å². The molecule has 8 heteroatoms. The van der Waals surface area contributed by atoms with E-state index in [9.17, 15) is 13.2 Å². The highest BCUT2D eigenvalue weighted by atomic mass is 79.9. The second-order valence-electron chi connectivity index (χ2n) is 6.24. The molecule has 27 heavy (non-hydrogen) atoms. The summed E-state index contributed by atoms with van der Waals surface area (Å²) in [6.07, 6.45) is 2.01. The molecule has 0 radical (unpaired) electrons. The van der Waals surface area contributed by atoms with Crippen molar-refractivity contribution >= 4 is 37.5 Å². The molecule has 0 aliphatic carbocycles. The van der Waals surface area contributed by atoms with Crippen molar-refractivity contribution in [1.82, 2.24) is 4.31 Å². The van der Waals surface area contributed by atoms with E-state index in [4.69, 9.17) is 5.26 Å². The number of carbonyl (C=O) groups is 1. The van der Waals surface area contributed by atoms with Crippen LogP contribution in [0.3, 0.4) is 0 Å². The Morgan fingerprint density at radius 2 is 1.81 bits per heavy atom. The maximum Gasteiger partial charge on any atom is 0.256 e. The van der Waals surface area contributed by atoms with Crippen molar-refractivity contribution in [3.8, 4) is 6.07 Å². The molecular weight excluding hydrogens is 430 g/mol. The van der Waals surface area contributed by atoms with E-state index in [0.29, 0.717) is 29.7 Å². The predicted octanol–water partition coefficient (Wildman–Crippen LogP) is 3.55. The van der Waals surface area contributed by atoms with E-state index in [1.165, 1.54) is 16.4 Å². The number of sulfonamides is 1. The van der Waals surface area contributed by atoms with Gasteiger partial charge < -0.3 is 5.32 Å². The Bertz CT molecular complexity index is 992. The normalized spacial score (nSPS) is 14.7. The van der Waals surface area contributed by atoms with Crippen LogP contribution in [0.25, 0.3) is 0 Å². The van der Waals surface area contributed by atoms with Gasteiger partial charge >= 0.3 is 0 Å². The van der Waals surface area contributed by atoms with Gasteiger partial charge in [-0.05, 0) is 64.7 Å². The third-order valence-corrected chi connectivity index (χ3v) is 6.97. The average Bonchev–Trinajstić information content (AvgIpc) is 3.19. The minimum Gasteiger partial charge on any atom is -0.322 e. The van der Waals surface area contributed by atoms with Gasteiger partial charge in [0.1, 0.15) is 0 Å². The first-order valence-corrected chi connectivity index (χ1v) is 10.7. The summed E-state index contributed by atoms with van der Waals surface area (Å²) >= 11 is 3.32. The molecule has 1 fully saturated rings. The first-order chi connectivity index (χ1) is 12.9. The fourth-order valence-corrected chi connectivity index (χ4v) is 4.88. The zero-order valence-electron chi connectivity index (χ0n) is 14.5. The molecule has 2 aromatic carbocycles. The fourth-order valence-electron chi connectivity index (χ4n) is 2.91. The summed E-state index contributed by atoms with van der Waals surface area (Å²) in [6.45, 7) is 1.02. The molecule has 0 saturated carbocycles. The smallest absolute Gasteiger partial charge is 0.256 e. The summed E-state index contributed by atoms with van der Waals surface area (Å²) in [6, 6.07) is 13.5. The van der Waals surface area contributed by atoms with E-state index in [1.54, 1.807) is 30.3 Å². The number of nitrogens with one attached hydrogen (secondary N) is 1. The van der Waals surface area contributed by atoms with Crippen LogP contribution in [-0.4, -0.2) is 31.7 Å². The Balaban J connectivity index is 1.83. The average molecular weight is 448 g/mol. The Kier molecular flexibility index (Phi) is 5.95. The van der Waals surface area contributed by atoms with Gasteiger partial charge in [0.15, 0.2) is 0 Å². The van der Waals surface area contributed by atoms with Gasteiger partial charge in [0.2, 0.25) is 10.0 Å². The standard InChI is InChI=1S/C19H18BrN3O3S/c20-18-8-7-16(27(25,26)23-11-1-2-12-23)13-17(18)19(24)22-15-5-3-14(4-6-15)9-10-21/h3-8,13H,1-2,9,11-12H2,(H,22,24). The van der Waals surface area contributed by atoms with Gasteiger partial charge in [-0.1, -0.05) is 12.1 Å². The zero-order valence-corrected chi connectivity index (χ0v) is 16.9. The van der Waals surface area contributed by atoms with E-state index >= 15 is 0 Å². The highest BCUT2D eigenvalue weighted by molar-refractivity contribution is 9.10. The van der Waals surface area contributed by atoms with Crippen LogP contribution in [0, 0.1) is 11.3 Å². The third-order valence-electron chi connectivity index (χ3n) is 4.38. The highest BCUT2D eigenvalue weighted by Crippen LogP contribution is 2.26. The molecule has 1 N–H and O–H groups in total. The molecular formula is C19H18BrN3O3S. The minimum absolute atomic E-state index is 0.113. The maximum absolute atomic E-state index is 12.7. The van der Waals surface area contributed by atoms with Crippen LogP contribution in [0.5, 0.6) is 0 Å². The van der Waals surface area contributed by atoms with Gasteiger partial charge in [0, 0.05) is 23.2 Å². The molecule has 2 aromatic rings. The van der Waals surface area contributed by atoms with Crippen LogP contribution in [-0.2, 0) is 16.4 Å². The van der Waals surface area contributed by atoms with Crippen molar-refractivity contribution in [3.05, 3.63) is 58.1 Å². The number of halogens is 1. The molecule has 140 valence electrons. The first kappa shape index (κ1) is 19.5. The molecule has 1 aliphatic rings. The van der Waals surface area contributed by atoms with Gasteiger partial charge in [0.05, 0.1) is 22.9 Å². The number of carbonyl (C=O) groups excluding carboxylic acids is 1. The van der Waals surface area contributed by atoms with Crippen molar-refractivity contribution in [3.63, 3.8) is 0 Å². The van der Waals surface area contributed by atoms with E-state index in [1.807, 2.05) is 0 Å². The molecule has 3 rings (SSSR count). The van der Waals surface area contributed by atoms with Crippen molar-refractivity contribution in [1.29, 1.82) is 5.26 Å². The van der Waals surface area contributed by atoms with Gasteiger partial charge in [0.25, 0.3) is 5.91 Å². The number of hydrogen-bond acceptors (Lipinski definition) is 4. The molecule has 1 saturated heterocycles. The van der Waals surface area contributed by atoms with Crippen LogP contribution in [0.4, 0.5) is 5.69 Å². The monoisotopic (exact) mass is 447 g/mol. The Morgan fingerprint density at radius 3 is 2.44 bits per heavy atom. The van der Waals surface area contributed by atoms with Gasteiger partial charge in [-0.2, -0.15) is 9.57 Å².